The van der Waals surface area contributed by atoms with Crippen LogP contribution in [0.25, 0.3) is 0 Å². The summed E-state index contributed by atoms with van der Waals surface area (Å²) in [6.45, 7) is 3.49. The van der Waals surface area contributed by atoms with Crippen LogP contribution in [0.5, 0.6) is 0 Å². The molecule has 2 aromatic rings. The van der Waals surface area contributed by atoms with Crippen molar-refractivity contribution in [3.05, 3.63) is 40.4 Å². The van der Waals surface area contributed by atoms with E-state index in [4.69, 9.17) is 0 Å². The van der Waals surface area contributed by atoms with E-state index in [0.29, 0.717) is 43.3 Å². The minimum Gasteiger partial charge on any atom is -0.333 e. The number of amides is 2. The zero-order valence-electron chi connectivity index (χ0n) is 16.1. The van der Waals surface area contributed by atoms with Crippen LogP contribution in [0.2, 0.25) is 0 Å². The van der Waals surface area contributed by atoms with Crippen molar-refractivity contribution in [2.45, 2.75) is 37.6 Å². The molecular formula is C19H22N4O4S2. The summed E-state index contributed by atoms with van der Waals surface area (Å²) in [5.41, 5.74) is 1.37. The van der Waals surface area contributed by atoms with Crippen molar-refractivity contribution >= 4 is 38.3 Å². The van der Waals surface area contributed by atoms with Crippen molar-refractivity contribution in [2.75, 3.05) is 25.0 Å². The molecule has 154 valence electrons. The molecule has 0 bridgehead atoms. The topological polar surface area (TPSA) is 99.7 Å². The minimum atomic E-state index is -3.49. The van der Waals surface area contributed by atoms with Gasteiger partial charge in [0.05, 0.1) is 17.1 Å². The highest BCUT2D eigenvalue weighted by atomic mass is 32.2. The van der Waals surface area contributed by atoms with Crippen LogP contribution in [0.3, 0.4) is 0 Å². The third kappa shape index (κ3) is 4.05. The molecule has 1 aromatic carbocycles. The van der Waals surface area contributed by atoms with Gasteiger partial charge in [0.25, 0.3) is 5.91 Å². The van der Waals surface area contributed by atoms with Gasteiger partial charge in [0.15, 0.2) is 5.13 Å². The van der Waals surface area contributed by atoms with Gasteiger partial charge in [0, 0.05) is 43.4 Å². The number of rotatable bonds is 4. The average Bonchev–Trinajstić information content (AvgIpc) is 3.36. The Labute approximate surface area is 173 Å². The number of carbonyl (C=O) groups is 2. The number of hydrogen-bond donors (Lipinski definition) is 1. The SMILES string of the molecule is CC(=O)Nc1nc2c(s1)CN(C(=O)c1ccc(S(=O)(=O)N3CCCC3)cc1)CC2. The molecule has 29 heavy (non-hydrogen) atoms. The summed E-state index contributed by atoms with van der Waals surface area (Å²) >= 11 is 1.38. The van der Waals surface area contributed by atoms with E-state index in [9.17, 15) is 18.0 Å². The van der Waals surface area contributed by atoms with Gasteiger partial charge in [0.1, 0.15) is 0 Å². The number of carbonyl (C=O) groups excluding carboxylic acids is 2. The molecule has 0 unspecified atom stereocenters. The van der Waals surface area contributed by atoms with Crippen LogP contribution >= 0.6 is 11.3 Å². The molecule has 0 saturated carbocycles. The smallest absolute Gasteiger partial charge is 0.254 e. The molecule has 0 radical (unpaired) electrons. The number of benzene rings is 1. The summed E-state index contributed by atoms with van der Waals surface area (Å²) in [6, 6.07) is 6.18. The molecule has 0 spiro atoms. The largest absolute Gasteiger partial charge is 0.333 e. The van der Waals surface area contributed by atoms with Crippen LogP contribution in [0, 0.1) is 0 Å². The van der Waals surface area contributed by atoms with Crippen molar-refractivity contribution in [3.63, 3.8) is 0 Å². The summed E-state index contributed by atoms with van der Waals surface area (Å²) in [5.74, 6) is -0.316. The van der Waals surface area contributed by atoms with E-state index in [1.807, 2.05) is 0 Å². The molecule has 2 amide bonds. The first-order valence-electron chi connectivity index (χ1n) is 9.50. The molecule has 4 rings (SSSR count). The summed E-state index contributed by atoms with van der Waals surface area (Å²) < 4.78 is 26.7. The van der Waals surface area contributed by atoms with Gasteiger partial charge in [-0.3, -0.25) is 9.59 Å². The highest BCUT2D eigenvalue weighted by Gasteiger charge is 2.28. The highest BCUT2D eigenvalue weighted by Crippen LogP contribution is 2.29. The number of nitrogens with zero attached hydrogens (tertiary/aromatic N) is 3. The van der Waals surface area contributed by atoms with Crippen LogP contribution in [-0.4, -0.2) is 54.1 Å². The molecule has 0 atom stereocenters. The third-order valence-corrected chi connectivity index (χ3v) is 8.02. The Morgan fingerprint density at radius 3 is 2.45 bits per heavy atom. The second kappa shape index (κ2) is 7.85. The standard InChI is InChI=1S/C19H22N4O4S2/c1-13(24)20-19-21-16-8-11-22(12-17(16)28-19)18(25)14-4-6-15(7-5-14)29(26,27)23-9-2-3-10-23/h4-7H,2-3,8-12H2,1H3,(H,20,21,24). The summed E-state index contributed by atoms with van der Waals surface area (Å²) in [4.78, 5) is 31.4. The number of fused-ring (bicyclic) bond motifs is 1. The van der Waals surface area contributed by atoms with Gasteiger partial charge in [-0.1, -0.05) is 11.3 Å². The van der Waals surface area contributed by atoms with Gasteiger partial charge in [-0.15, -0.1) is 0 Å². The van der Waals surface area contributed by atoms with Crippen molar-refractivity contribution in [1.82, 2.24) is 14.2 Å². The molecule has 2 aliphatic heterocycles. The minimum absolute atomic E-state index is 0.143. The Balaban J connectivity index is 1.47. The fraction of sp³-hybridized carbons (Fsp3) is 0.421. The van der Waals surface area contributed by atoms with Crippen molar-refractivity contribution < 1.29 is 18.0 Å². The number of aromatic nitrogens is 1. The van der Waals surface area contributed by atoms with E-state index in [0.717, 1.165) is 23.4 Å². The fourth-order valence-corrected chi connectivity index (χ4v) is 6.19. The monoisotopic (exact) mass is 434 g/mol. The molecule has 1 fully saturated rings. The van der Waals surface area contributed by atoms with E-state index in [1.165, 1.54) is 34.7 Å². The molecular weight excluding hydrogens is 412 g/mol. The van der Waals surface area contributed by atoms with E-state index >= 15 is 0 Å². The van der Waals surface area contributed by atoms with Crippen molar-refractivity contribution in [3.8, 4) is 0 Å². The summed E-state index contributed by atoms with van der Waals surface area (Å²) in [6.07, 6.45) is 2.39. The predicted octanol–water partition coefficient (Wildman–Crippen LogP) is 2.08. The van der Waals surface area contributed by atoms with E-state index < -0.39 is 10.0 Å². The van der Waals surface area contributed by atoms with E-state index in [1.54, 1.807) is 17.0 Å². The van der Waals surface area contributed by atoms with Crippen LogP contribution in [0.4, 0.5) is 5.13 Å². The maximum absolute atomic E-state index is 12.9. The zero-order valence-corrected chi connectivity index (χ0v) is 17.7. The number of nitrogens with one attached hydrogen (secondary N) is 1. The van der Waals surface area contributed by atoms with Crippen molar-refractivity contribution in [2.24, 2.45) is 0 Å². The molecule has 1 aromatic heterocycles. The lowest BCUT2D eigenvalue weighted by molar-refractivity contribution is -0.114. The Morgan fingerprint density at radius 1 is 1.10 bits per heavy atom. The van der Waals surface area contributed by atoms with Crippen LogP contribution in [0.1, 0.15) is 40.7 Å². The van der Waals surface area contributed by atoms with Gasteiger partial charge in [0.2, 0.25) is 15.9 Å². The second-order valence-electron chi connectivity index (χ2n) is 7.18. The predicted molar refractivity (Wildman–Crippen MR) is 109 cm³/mol. The number of sulfonamides is 1. The van der Waals surface area contributed by atoms with Gasteiger partial charge in [-0.05, 0) is 37.1 Å². The normalized spacial score (nSPS) is 17.2. The highest BCUT2D eigenvalue weighted by molar-refractivity contribution is 7.89. The number of anilines is 1. The van der Waals surface area contributed by atoms with Gasteiger partial charge < -0.3 is 10.2 Å². The number of thiazole rings is 1. The Kier molecular flexibility index (Phi) is 5.41. The van der Waals surface area contributed by atoms with E-state index in [2.05, 4.69) is 10.3 Å². The second-order valence-corrected chi connectivity index (χ2v) is 10.2. The lowest BCUT2D eigenvalue weighted by Crippen LogP contribution is -2.35. The molecule has 0 aliphatic carbocycles. The number of hydrogen-bond acceptors (Lipinski definition) is 6. The molecule has 3 heterocycles. The maximum atomic E-state index is 12.9. The summed E-state index contributed by atoms with van der Waals surface area (Å²) in [5, 5.41) is 3.23. The molecule has 2 aliphatic rings. The lowest BCUT2D eigenvalue weighted by atomic mass is 10.1. The van der Waals surface area contributed by atoms with Gasteiger partial charge >= 0.3 is 0 Å². The average molecular weight is 435 g/mol. The quantitative estimate of drug-likeness (QED) is 0.794. The van der Waals surface area contributed by atoms with Crippen molar-refractivity contribution in [1.29, 1.82) is 0 Å². The van der Waals surface area contributed by atoms with E-state index in [-0.39, 0.29) is 16.7 Å². The first kappa shape index (κ1) is 20.0. The van der Waals surface area contributed by atoms with Crippen LogP contribution in [-0.2, 0) is 27.8 Å². The maximum Gasteiger partial charge on any atom is 0.254 e. The Hall–Kier alpha value is -2.30. The summed E-state index contributed by atoms with van der Waals surface area (Å²) in [7, 11) is -3.49. The molecule has 8 nitrogen and oxygen atoms in total. The fourth-order valence-electron chi connectivity index (χ4n) is 3.60. The Morgan fingerprint density at radius 2 is 1.79 bits per heavy atom. The first-order valence-corrected chi connectivity index (χ1v) is 11.8. The third-order valence-electron chi connectivity index (χ3n) is 5.11. The van der Waals surface area contributed by atoms with Gasteiger partial charge in [-0.2, -0.15) is 4.31 Å². The zero-order chi connectivity index (χ0) is 20.6. The lowest BCUT2D eigenvalue weighted by Gasteiger charge is -2.26. The molecule has 10 heteroatoms. The Bertz CT molecular complexity index is 1040. The van der Waals surface area contributed by atoms with Gasteiger partial charge in [-0.25, -0.2) is 13.4 Å². The van der Waals surface area contributed by atoms with Crippen LogP contribution < -0.4 is 5.32 Å². The van der Waals surface area contributed by atoms with Crippen LogP contribution in [0.15, 0.2) is 29.2 Å². The molecule has 1 N–H and O–H groups in total. The first-order chi connectivity index (χ1) is 13.8. The molecule has 1 saturated heterocycles.